The van der Waals surface area contributed by atoms with E-state index in [1.807, 2.05) is 31.2 Å². The van der Waals surface area contributed by atoms with Crippen molar-refractivity contribution >= 4 is 22.2 Å². The molecular formula is C16H17NOS. The van der Waals surface area contributed by atoms with Gasteiger partial charge in [-0.25, -0.2) is 0 Å². The predicted octanol–water partition coefficient (Wildman–Crippen LogP) is 4.19. The summed E-state index contributed by atoms with van der Waals surface area (Å²) in [6.07, 6.45) is 4.87. The minimum atomic E-state index is -0.00306. The van der Waals surface area contributed by atoms with Crippen LogP contribution in [0.25, 0.3) is 0 Å². The molecule has 3 rings (SSSR count). The summed E-state index contributed by atoms with van der Waals surface area (Å²) >= 11 is 1.73. The number of benzene rings is 1. The Bertz CT molecular complexity index is 591. The number of thiophene rings is 1. The Labute approximate surface area is 117 Å². The summed E-state index contributed by atoms with van der Waals surface area (Å²) in [5.74, 6) is -0.00306. The molecular weight excluding hydrogens is 254 g/mol. The molecule has 0 aliphatic heterocycles. The van der Waals surface area contributed by atoms with Gasteiger partial charge in [0, 0.05) is 10.4 Å². The molecule has 0 spiro atoms. The van der Waals surface area contributed by atoms with Crippen LogP contribution in [0.5, 0.6) is 0 Å². The van der Waals surface area contributed by atoms with Gasteiger partial charge in [0.25, 0.3) is 5.91 Å². The Balaban J connectivity index is 1.80. The summed E-state index contributed by atoms with van der Waals surface area (Å²) in [7, 11) is 0. The van der Waals surface area contributed by atoms with Crippen molar-refractivity contribution < 1.29 is 4.79 Å². The highest BCUT2D eigenvalue weighted by Gasteiger charge is 2.15. The van der Waals surface area contributed by atoms with E-state index in [1.54, 1.807) is 11.3 Å². The number of carbonyl (C=O) groups excluding carboxylic acids is 1. The molecule has 0 saturated carbocycles. The van der Waals surface area contributed by atoms with Gasteiger partial charge in [-0.1, -0.05) is 18.2 Å². The Morgan fingerprint density at radius 3 is 2.79 bits per heavy atom. The largest absolute Gasteiger partial charge is 0.314 e. The summed E-state index contributed by atoms with van der Waals surface area (Å²) in [5, 5.41) is 4.02. The van der Waals surface area contributed by atoms with Crippen LogP contribution in [0.2, 0.25) is 0 Å². The van der Waals surface area contributed by atoms with Crippen LogP contribution in [0.4, 0.5) is 5.00 Å². The fraction of sp³-hybridized carbons (Fsp3) is 0.312. The molecule has 0 unspecified atom stereocenters. The Morgan fingerprint density at radius 2 is 2.00 bits per heavy atom. The van der Waals surface area contributed by atoms with Gasteiger partial charge in [-0.2, -0.15) is 0 Å². The average molecular weight is 271 g/mol. The topological polar surface area (TPSA) is 29.1 Å². The van der Waals surface area contributed by atoms with Crippen LogP contribution in [0.1, 0.15) is 39.2 Å². The molecule has 0 bridgehead atoms. The maximum atomic E-state index is 12.2. The molecule has 98 valence electrons. The molecule has 0 radical (unpaired) electrons. The number of anilines is 1. The molecule has 1 N–H and O–H groups in total. The second-order valence-electron chi connectivity index (χ2n) is 5.04. The molecule has 1 aromatic heterocycles. The van der Waals surface area contributed by atoms with Gasteiger partial charge in [0.2, 0.25) is 0 Å². The van der Waals surface area contributed by atoms with Gasteiger partial charge in [0.15, 0.2) is 0 Å². The fourth-order valence-corrected chi connectivity index (χ4v) is 3.71. The van der Waals surface area contributed by atoms with Gasteiger partial charge < -0.3 is 5.32 Å². The zero-order chi connectivity index (χ0) is 13.2. The molecule has 1 aromatic carbocycles. The van der Waals surface area contributed by atoms with Crippen molar-refractivity contribution in [2.75, 3.05) is 5.32 Å². The maximum absolute atomic E-state index is 12.2. The van der Waals surface area contributed by atoms with Gasteiger partial charge in [-0.15, -0.1) is 11.3 Å². The molecule has 19 heavy (non-hydrogen) atoms. The van der Waals surface area contributed by atoms with Gasteiger partial charge in [0.05, 0.1) is 5.00 Å². The molecule has 0 atom stereocenters. The first-order valence-corrected chi connectivity index (χ1v) is 7.54. The normalized spacial score (nSPS) is 13.9. The minimum absolute atomic E-state index is 0.00306. The van der Waals surface area contributed by atoms with E-state index in [2.05, 4.69) is 11.4 Å². The number of carbonyl (C=O) groups is 1. The van der Waals surface area contributed by atoms with Crippen LogP contribution in [0.3, 0.4) is 0 Å². The lowest BCUT2D eigenvalue weighted by atomic mass is 10.00. The molecule has 1 amide bonds. The second kappa shape index (κ2) is 5.17. The van der Waals surface area contributed by atoms with Crippen molar-refractivity contribution in [3.8, 4) is 0 Å². The van der Waals surface area contributed by atoms with Crippen molar-refractivity contribution in [2.45, 2.75) is 32.6 Å². The van der Waals surface area contributed by atoms with E-state index in [1.165, 1.54) is 29.7 Å². The third-order valence-corrected chi connectivity index (χ3v) is 4.78. The zero-order valence-electron chi connectivity index (χ0n) is 11.0. The van der Waals surface area contributed by atoms with E-state index in [9.17, 15) is 4.79 Å². The van der Waals surface area contributed by atoms with Crippen LogP contribution >= 0.6 is 11.3 Å². The van der Waals surface area contributed by atoms with Gasteiger partial charge >= 0.3 is 0 Å². The predicted molar refractivity (Wildman–Crippen MR) is 80.1 cm³/mol. The number of fused-ring (bicyclic) bond motifs is 1. The average Bonchev–Trinajstić information content (AvgIpc) is 2.81. The Kier molecular flexibility index (Phi) is 3.38. The van der Waals surface area contributed by atoms with Crippen molar-refractivity contribution in [1.82, 2.24) is 0 Å². The van der Waals surface area contributed by atoms with Crippen molar-refractivity contribution in [3.63, 3.8) is 0 Å². The van der Waals surface area contributed by atoms with Crippen LogP contribution in [0, 0.1) is 6.92 Å². The number of hydrogen-bond donors (Lipinski definition) is 1. The van der Waals surface area contributed by atoms with Crippen LogP contribution in [-0.4, -0.2) is 5.91 Å². The fourth-order valence-electron chi connectivity index (χ4n) is 2.56. The van der Waals surface area contributed by atoms with Crippen molar-refractivity contribution in [2.24, 2.45) is 0 Å². The van der Waals surface area contributed by atoms with Gasteiger partial charge in [-0.3, -0.25) is 4.79 Å². The quantitative estimate of drug-likeness (QED) is 0.872. The SMILES string of the molecule is Cc1ccccc1C(=O)Nc1cc2c(s1)CCCC2. The molecule has 3 heteroatoms. The standard InChI is InChI=1S/C16H17NOS/c1-11-6-2-4-8-13(11)16(18)17-15-10-12-7-3-5-9-14(12)19-15/h2,4,6,8,10H,3,5,7,9H2,1H3,(H,17,18). The summed E-state index contributed by atoms with van der Waals surface area (Å²) in [5.41, 5.74) is 3.20. The lowest BCUT2D eigenvalue weighted by molar-refractivity contribution is 0.102. The summed E-state index contributed by atoms with van der Waals surface area (Å²) < 4.78 is 0. The monoisotopic (exact) mass is 271 g/mol. The van der Waals surface area contributed by atoms with E-state index < -0.39 is 0 Å². The molecule has 1 aliphatic carbocycles. The number of aryl methyl sites for hydroxylation is 3. The smallest absolute Gasteiger partial charge is 0.256 e. The molecule has 1 aliphatic rings. The molecule has 0 fully saturated rings. The summed E-state index contributed by atoms with van der Waals surface area (Å²) in [6.45, 7) is 1.97. The van der Waals surface area contributed by atoms with Crippen molar-refractivity contribution in [3.05, 3.63) is 51.9 Å². The highest BCUT2D eigenvalue weighted by molar-refractivity contribution is 7.16. The van der Waals surface area contributed by atoms with E-state index in [0.717, 1.165) is 22.5 Å². The molecule has 0 saturated heterocycles. The molecule has 2 nitrogen and oxygen atoms in total. The molecule has 1 heterocycles. The Morgan fingerprint density at radius 1 is 1.21 bits per heavy atom. The number of hydrogen-bond acceptors (Lipinski definition) is 2. The second-order valence-corrected chi connectivity index (χ2v) is 6.17. The van der Waals surface area contributed by atoms with Gasteiger partial charge in [0.1, 0.15) is 0 Å². The highest BCUT2D eigenvalue weighted by atomic mass is 32.1. The first-order valence-electron chi connectivity index (χ1n) is 6.72. The van der Waals surface area contributed by atoms with Gasteiger partial charge in [-0.05, 0) is 55.9 Å². The number of amides is 1. The van der Waals surface area contributed by atoms with E-state index >= 15 is 0 Å². The summed E-state index contributed by atoms with van der Waals surface area (Å²) in [6, 6.07) is 9.85. The summed E-state index contributed by atoms with van der Waals surface area (Å²) in [4.78, 5) is 13.7. The van der Waals surface area contributed by atoms with Crippen LogP contribution in [0.15, 0.2) is 30.3 Å². The van der Waals surface area contributed by atoms with E-state index in [-0.39, 0.29) is 5.91 Å². The number of nitrogens with one attached hydrogen (secondary N) is 1. The third-order valence-electron chi connectivity index (χ3n) is 3.62. The van der Waals surface area contributed by atoms with Crippen molar-refractivity contribution in [1.29, 1.82) is 0 Å². The zero-order valence-corrected chi connectivity index (χ0v) is 11.8. The maximum Gasteiger partial charge on any atom is 0.256 e. The minimum Gasteiger partial charge on any atom is -0.314 e. The third kappa shape index (κ3) is 2.56. The Hall–Kier alpha value is -1.61. The lowest BCUT2D eigenvalue weighted by Crippen LogP contribution is -2.12. The lowest BCUT2D eigenvalue weighted by Gasteiger charge is -2.08. The first-order chi connectivity index (χ1) is 9.24. The molecule has 2 aromatic rings. The number of rotatable bonds is 2. The highest BCUT2D eigenvalue weighted by Crippen LogP contribution is 2.33. The van der Waals surface area contributed by atoms with E-state index in [4.69, 9.17) is 0 Å². The van der Waals surface area contributed by atoms with Crippen LogP contribution in [-0.2, 0) is 12.8 Å². The van der Waals surface area contributed by atoms with Crippen LogP contribution < -0.4 is 5.32 Å². The van der Waals surface area contributed by atoms with E-state index in [0.29, 0.717) is 0 Å². The first kappa shape index (κ1) is 12.4.